The van der Waals surface area contributed by atoms with E-state index in [1.54, 1.807) is 0 Å². The Morgan fingerprint density at radius 1 is 1.50 bits per heavy atom. The highest BCUT2D eigenvalue weighted by molar-refractivity contribution is 14.1. The van der Waals surface area contributed by atoms with E-state index in [0.29, 0.717) is 5.56 Å². The van der Waals surface area contributed by atoms with Crippen LogP contribution in [0.5, 0.6) is 0 Å². The zero-order valence-electron chi connectivity index (χ0n) is 9.21. The average molecular weight is 329 g/mol. The Balaban J connectivity index is 3.14. The molecule has 1 aromatic carbocycles. The first-order valence-electron chi connectivity index (χ1n) is 4.90. The monoisotopic (exact) mass is 329 g/mol. The standard InChI is InChI=1S/C12H12INO2/c1-3-8-4-10(7-14)11(13)5-9(8)6-12(15)16-2/h4-5H,3,6H2,1-2H3. The van der Waals surface area contributed by atoms with Crippen molar-refractivity contribution in [1.82, 2.24) is 0 Å². The van der Waals surface area contributed by atoms with E-state index in [2.05, 4.69) is 33.4 Å². The Kier molecular flexibility index (Phi) is 4.74. The molecule has 0 radical (unpaired) electrons. The molecule has 0 N–H and O–H groups in total. The van der Waals surface area contributed by atoms with Gasteiger partial charge in [-0.25, -0.2) is 0 Å². The highest BCUT2D eigenvalue weighted by Gasteiger charge is 2.10. The number of hydrogen-bond acceptors (Lipinski definition) is 3. The number of benzene rings is 1. The van der Waals surface area contributed by atoms with Crippen molar-refractivity contribution >= 4 is 28.6 Å². The van der Waals surface area contributed by atoms with E-state index >= 15 is 0 Å². The van der Waals surface area contributed by atoms with Crippen molar-refractivity contribution in [2.24, 2.45) is 0 Å². The number of nitrogens with zero attached hydrogens (tertiary/aromatic N) is 1. The fraction of sp³-hybridized carbons (Fsp3) is 0.333. The lowest BCUT2D eigenvalue weighted by atomic mass is 10.00. The molecule has 4 heteroatoms. The third-order valence-corrected chi connectivity index (χ3v) is 3.25. The molecule has 0 saturated carbocycles. The van der Waals surface area contributed by atoms with Crippen LogP contribution in [0, 0.1) is 14.9 Å². The molecule has 0 spiro atoms. The van der Waals surface area contributed by atoms with Gasteiger partial charge in [-0.2, -0.15) is 5.26 Å². The van der Waals surface area contributed by atoms with E-state index in [-0.39, 0.29) is 12.4 Å². The van der Waals surface area contributed by atoms with E-state index in [1.807, 2.05) is 19.1 Å². The molecule has 1 rings (SSSR count). The Hall–Kier alpha value is -1.09. The Morgan fingerprint density at radius 3 is 2.69 bits per heavy atom. The average Bonchev–Trinajstić information content (AvgIpc) is 2.29. The second-order valence-electron chi connectivity index (χ2n) is 3.32. The van der Waals surface area contributed by atoms with E-state index in [9.17, 15) is 4.79 Å². The van der Waals surface area contributed by atoms with Gasteiger partial charge in [-0.05, 0) is 52.3 Å². The number of nitriles is 1. The second kappa shape index (κ2) is 5.85. The van der Waals surface area contributed by atoms with Crippen LogP contribution in [0.15, 0.2) is 12.1 Å². The van der Waals surface area contributed by atoms with Crippen LogP contribution in [0.1, 0.15) is 23.6 Å². The molecule has 0 fully saturated rings. The van der Waals surface area contributed by atoms with Gasteiger partial charge in [0.15, 0.2) is 0 Å². The number of carbonyl (C=O) groups is 1. The van der Waals surface area contributed by atoms with Crippen LogP contribution in [0.25, 0.3) is 0 Å². The molecule has 3 nitrogen and oxygen atoms in total. The molecule has 0 bridgehead atoms. The SMILES string of the molecule is CCc1cc(C#N)c(I)cc1CC(=O)OC. The molecular formula is C12H12INO2. The van der Waals surface area contributed by atoms with Crippen LogP contribution in [0.2, 0.25) is 0 Å². The maximum absolute atomic E-state index is 11.2. The molecule has 1 aromatic rings. The Bertz CT molecular complexity index is 449. The van der Waals surface area contributed by atoms with Gasteiger partial charge in [0.05, 0.1) is 19.1 Å². The number of carbonyl (C=O) groups excluding carboxylic acids is 1. The van der Waals surface area contributed by atoms with Gasteiger partial charge >= 0.3 is 5.97 Å². The van der Waals surface area contributed by atoms with E-state index in [4.69, 9.17) is 5.26 Å². The molecular weight excluding hydrogens is 317 g/mol. The van der Waals surface area contributed by atoms with Gasteiger partial charge < -0.3 is 4.74 Å². The van der Waals surface area contributed by atoms with Crippen molar-refractivity contribution in [2.75, 3.05) is 7.11 Å². The van der Waals surface area contributed by atoms with Gasteiger partial charge in [0.25, 0.3) is 0 Å². The molecule has 0 heterocycles. The van der Waals surface area contributed by atoms with Gasteiger partial charge in [0, 0.05) is 3.57 Å². The fourth-order valence-electron chi connectivity index (χ4n) is 1.47. The summed E-state index contributed by atoms with van der Waals surface area (Å²) in [6, 6.07) is 5.87. The Morgan fingerprint density at radius 2 is 2.19 bits per heavy atom. The number of halogens is 1. The quantitative estimate of drug-likeness (QED) is 0.632. The molecule has 0 aliphatic carbocycles. The third kappa shape index (κ3) is 2.95. The summed E-state index contributed by atoms with van der Waals surface area (Å²) in [6.45, 7) is 2.00. The minimum atomic E-state index is -0.254. The van der Waals surface area contributed by atoms with Crippen LogP contribution < -0.4 is 0 Å². The number of methoxy groups -OCH3 is 1. The lowest BCUT2D eigenvalue weighted by Crippen LogP contribution is -2.07. The smallest absolute Gasteiger partial charge is 0.309 e. The highest BCUT2D eigenvalue weighted by atomic mass is 127. The van der Waals surface area contributed by atoms with Crippen molar-refractivity contribution < 1.29 is 9.53 Å². The summed E-state index contributed by atoms with van der Waals surface area (Å²) in [7, 11) is 1.38. The normalized spacial score (nSPS) is 9.62. The number of hydrogen-bond donors (Lipinski definition) is 0. The third-order valence-electron chi connectivity index (χ3n) is 2.35. The number of esters is 1. The zero-order valence-corrected chi connectivity index (χ0v) is 11.4. The summed E-state index contributed by atoms with van der Waals surface area (Å²) in [5.74, 6) is -0.254. The summed E-state index contributed by atoms with van der Waals surface area (Å²) in [4.78, 5) is 11.2. The number of ether oxygens (including phenoxy) is 1. The molecule has 84 valence electrons. The van der Waals surface area contributed by atoms with Crippen LogP contribution in [0.4, 0.5) is 0 Å². The first-order chi connectivity index (χ1) is 7.62. The molecule has 16 heavy (non-hydrogen) atoms. The van der Waals surface area contributed by atoms with E-state index in [0.717, 1.165) is 21.1 Å². The van der Waals surface area contributed by atoms with Crippen LogP contribution in [0.3, 0.4) is 0 Å². The summed E-state index contributed by atoms with van der Waals surface area (Å²) in [5, 5.41) is 8.91. The minimum absolute atomic E-state index is 0.254. The molecule has 0 aliphatic heterocycles. The van der Waals surface area contributed by atoms with E-state index < -0.39 is 0 Å². The molecule has 0 aromatic heterocycles. The molecule has 0 atom stereocenters. The zero-order chi connectivity index (χ0) is 12.1. The summed E-state index contributed by atoms with van der Waals surface area (Å²) >= 11 is 2.10. The van der Waals surface area contributed by atoms with Crippen molar-refractivity contribution in [3.63, 3.8) is 0 Å². The van der Waals surface area contributed by atoms with Gasteiger partial charge in [0.2, 0.25) is 0 Å². The van der Waals surface area contributed by atoms with Gasteiger partial charge in [-0.1, -0.05) is 6.92 Å². The van der Waals surface area contributed by atoms with Crippen LogP contribution >= 0.6 is 22.6 Å². The first kappa shape index (κ1) is 13.0. The molecule has 0 unspecified atom stereocenters. The molecule has 0 saturated heterocycles. The van der Waals surface area contributed by atoms with Crippen LogP contribution in [-0.2, 0) is 22.4 Å². The molecule has 0 aliphatic rings. The highest BCUT2D eigenvalue weighted by Crippen LogP contribution is 2.20. The fourth-order valence-corrected chi connectivity index (χ4v) is 2.12. The van der Waals surface area contributed by atoms with Crippen molar-refractivity contribution in [2.45, 2.75) is 19.8 Å². The van der Waals surface area contributed by atoms with Crippen molar-refractivity contribution in [3.05, 3.63) is 32.4 Å². The predicted molar refractivity (Wildman–Crippen MR) is 69.0 cm³/mol. The van der Waals surface area contributed by atoms with E-state index in [1.165, 1.54) is 7.11 Å². The van der Waals surface area contributed by atoms with Gasteiger partial charge in [-0.15, -0.1) is 0 Å². The maximum Gasteiger partial charge on any atom is 0.309 e. The van der Waals surface area contributed by atoms with Crippen molar-refractivity contribution in [3.8, 4) is 6.07 Å². The number of aryl methyl sites for hydroxylation is 1. The Labute approximate surface area is 109 Å². The summed E-state index contributed by atoms with van der Waals surface area (Å²) < 4.78 is 5.52. The van der Waals surface area contributed by atoms with Gasteiger partial charge in [-0.3, -0.25) is 4.79 Å². The van der Waals surface area contributed by atoms with Crippen molar-refractivity contribution in [1.29, 1.82) is 5.26 Å². The lowest BCUT2D eigenvalue weighted by Gasteiger charge is -2.08. The topological polar surface area (TPSA) is 50.1 Å². The largest absolute Gasteiger partial charge is 0.469 e. The second-order valence-corrected chi connectivity index (χ2v) is 4.48. The van der Waals surface area contributed by atoms with Crippen LogP contribution in [-0.4, -0.2) is 13.1 Å². The predicted octanol–water partition coefficient (Wildman–Crippen LogP) is 2.44. The maximum atomic E-state index is 11.2. The lowest BCUT2D eigenvalue weighted by molar-refractivity contribution is -0.139. The summed E-state index contributed by atoms with van der Waals surface area (Å²) in [6.07, 6.45) is 1.07. The molecule has 0 amide bonds. The number of rotatable bonds is 3. The van der Waals surface area contributed by atoms with Gasteiger partial charge in [0.1, 0.15) is 6.07 Å². The first-order valence-corrected chi connectivity index (χ1v) is 5.98. The minimum Gasteiger partial charge on any atom is -0.469 e. The summed E-state index contributed by atoms with van der Waals surface area (Å²) in [5.41, 5.74) is 2.63.